The van der Waals surface area contributed by atoms with Crippen molar-refractivity contribution in [1.29, 1.82) is 0 Å². The first-order valence-corrected chi connectivity index (χ1v) is 10.2. The third-order valence-corrected chi connectivity index (χ3v) is 6.17. The van der Waals surface area contributed by atoms with Gasteiger partial charge in [0.1, 0.15) is 18.2 Å². The Hall–Kier alpha value is -2.09. The number of aliphatic hydroxyl groups is 1. The summed E-state index contributed by atoms with van der Waals surface area (Å²) in [4.78, 5) is 8.57. The molecule has 0 spiro atoms. The molecule has 0 radical (unpaired) electrons. The second-order valence-corrected chi connectivity index (χ2v) is 8.12. The lowest BCUT2D eigenvalue weighted by molar-refractivity contribution is 0.116. The molecule has 0 aliphatic heterocycles. The van der Waals surface area contributed by atoms with E-state index in [0.29, 0.717) is 17.4 Å². The maximum Gasteiger partial charge on any atom is 0.184 e. The number of halogens is 1. The zero-order valence-electron chi connectivity index (χ0n) is 14.7. The molecule has 3 aromatic rings. The third-order valence-electron chi connectivity index (χ3n) is 4.79. The number of aromatic nitrogens is 2. The molecular formula is C19H21ClN4O2S. The van der Waals surface area contributed by atoms with Crippen LogP contribution in [0.5, 0.6) is 5.75 Å². The summed E-state index contributed by atoms with van der Waals surface area (Å²) in [6.07, 6.45) is 5.36. The minimum Gasteiger partial charge on any atom is -0.489 e. The normalized spacial score (nSPS) is 19.9. The standard InChI is InChI=1S/C19H21ClN4O2S/c20-17-11(7-8-22-18(17)21)10-26-12-5-6-14-16(9-12)27-19(24-14)23-13-3-1-2-4-15(13)25/h5-9,13,15,25H,1-4,10H2,(H2,21,22)(H,23,24)/t13-,15+/m1/s1. The molecule has 6 nitrogen and oxygen atoms in total. The van der Waals surface area contributed by atoms with Gasteiger partial charge in [0.05, 0.1) is 27.4 Å². The van der Waals surface area contributed by atoms with Gasteiger partial charge in [-0.3, -0.25) is 0 Å². The van der Waals surface area contributed by atoms with E-state index in [9.17, 15) is 5.11 Å². The fourth-order valence-corrected chi connectivity index (χ4v) is 4.39. The van der Waals surface area contributed by atoms with Gasteiger partial charge >= 0.3 is 0 Å². The maximum absolute atomic E-state index is 10.1. The average Bonchev–Trinajstić information content (AvgIpc) is 3.06. The van der Waals surface area contributed by atoms with E-state index in [0.717, 1.165) is 52.3 Å². The number of anilines is 2. The maximum atomic E-state index is 10.1. The van der Waals surface area contributed by atoms with Gasteiger partial charge in [-0.05, 0) is 37.1 Å². The predicted molar refractivity (Wildman–Crippen MR) is 109 cm³/mol. The Morgan fingerprint density at radius 3 is 3.00 bits per heavy atom. The fourth-order valence-electron chi connectivity index (χ4n) is 3.27. The van der Waals surface area contributed by atoms with Gasteiger partial charge in [0.2, 0.25) is 0 Å². The number of hydrogen-bond acceptors (Lipinski definition) is 7. The highest BCUT2D eigenvalue weighted by atomic mass is 35.5. The molecular weight excluding hydrogens is 384 g/mol. The van der Waals surface area contributed by atoms with Crippen LogP contribution in [-0.2, 0) is 6.61 Å². The van der Waals surface area contributed by atoms with Crippen molar-refractivity contribution in [3.8, 4) is 5.75 Å². The number of rotatable bonds is 5. The van der Waals surface area contributed by atoms with Crippen LogP contribution in [0.25, 0.3) is 10.2 Å². The van der Waals surface area contributed by atoms with Crippen molar-refractivity contribution >= 4 is 44.1 Å². The van der Waals surface area contributed by atoms with E-state index in [4.69, 9.17) is 22.1 Å². The first-order chi connectivity index (χ1) is 13.1. The van der Waals surface area contributed by atoms with Crippen LogP contribution in [0.4, 0.5) is 10.9 Å². The van der Waals surface area contributed by atoms with Crippen molar-refractivity contribution < 1.29 is 9.84 Å². The number of ether oxygens (including phenoxy) is 1. The van der Waals surface area contributed by atoms with Gasteiger partial charge < -0.3 is 20.9 Å². The Morgan fingerprint density at radius 1 is 1.30 bits per heavy atom. The van der Waals surface area contributed by atoms with Crippen LogP contribution in [0.15, 0.2) is 30.5 Å². The number of nitrogens with one attached hydrogen (secondary N) is 1. The van der Waals surface area contributed by atoms with Gasteiger partial charge in [-0.2, -0.15) is 0 Å². The van der Waals surface area contributed by atoms with E-state index in [2.05, 4.69) is 15.3 Å². The number of thiazole rings is 1. The highest BCUT2D eigenvalue weighted by molar-refractivity contribution is 7.22. The Labute approximate surface area is 166 Å². The predicted octanol–water partition coefficient (Wildman–Crippen LogP) is 4.22. The Morgan fingerprint density at radius 2 is 2.15 bits per heavy atom. The zero-order valence-corrected chi connectivity index (χ0v) is 16.3. The molecule has 1 aromatic carbocycles. The smallest absolute Gasteiger partial charge is 0.184 e. The Kier molecular flexibility index (Phi) is 5.33. The van der Waals surface area contributed by atoms with Gasteiger partial charge in [-0.1, -0.05) is 35.8 Å². The molecule has 8 heteroatoms. The quantitative estimate of drug-likeness (QED) is 0.589. The molecule has 2 atom stereocenters. The Bertz CT molecular complexity index is 949. The van der Waals surface area contributed by atoms with E-state index < -0.39 is 0 Å². The first-order valence-electron chi connectivity index (χ1n) is 8.97. The van der Waals surface area contributed by atoms with Gasteiger partial charge in [0.25, 0.3) is 0 Å². The van der Waals surface area contributed by atoms with Gasteiger partial charge in [-0.15, -0.1) is 0 Å². The summed E-state index contributed by atoms with van der Waals surface area (Å²) in [6.45, 7) is 0.315. The fraction of sp³-hybridized carbons (Fsp3) is 0.368. The minimum atomic E-state index is -0.304. The van der Waals surface area contributed by atoms with Gasteiger partial charge in [-0.25, -0.2) is 9.97 Å². The molecule has 4 rings (SSSR count). The molecule has 1 fully saturated rings. The number of aliphatic hydroxyl groups excluding tert-OH is 1. The lowest BCUT2D eigenvalue weighted by Crippen LogP contribution is -2.36. The van der Waals surface area contributed by atoms with E-state index in [1.807, 2.05) is 18.2 Å². The monoisotopic (exact) mass is 404 g/mol. The molecule has 0 saturated heterocycles. The molecule has 0 amide bonds. The number of fused-ring (bicyclic) bond motifs is 1. The molecule has 1 saturated carbocycles. The zero-order chi connectivity index (χ0) is 18.8. The number of nitrogens with two attached hydrogens (primary N) is 1. The number of hydrogen-bond donors (Lipinski definition) is 3. The molecule has 1 aliphatic carbocycles. The van der Waals surface area contributed by atoms with Crippen LogP contribution < -0.4 is 15.8 Å². The van der Waals surface area contributed by atoms with Crippen LogP contribution in [0.2, 0.25) is 5.02 Å². The molecule has 27 heavy (non-hydrogen) atoms. The van der Waals surface area contributed by atoms with Crippen LogP contribution >= 0.6 is 22.9 Å². The first kappa shape index (κ1) is 18.3. The van der Waals surface area contributed by atoms with Gasteiger partial charge in [0.15, 0.2) is 5.13 Å². The molecule has 0 unspecified atom stereocenters. The SMILES string of the molecule is Nc1nccc(COc2ccc3nc(N[C@@H]4CCCC[C@@H]4O)sc3c2)c1Cl. The van der Waals surface area contributed by atoms with Crippen molar-refractivity contribution in [2.75, 3.05) is 11.1 Å². The lowest BCUT2D eigenvalue weighted by Gasteiger charge is -2.27. The number of nitrogen functional groups attached to an aromatic ring is 1. The van der Waals surface area contributed by atoms with Crippen LogP contribution in [0, 0.1) is 0 Å². The highest BCUT2D eigenvalue weighted by Gasteiger charge is 2.23. The second-order valence-electron chi connectivity index (χ2n) is 6.71. The minimum absolute atomic E-state index is 0.0781. The molecule has 4 N–H and O–H groups in total. The van der Waals surface area contributed by atoms with Crippen molar-refractivity contribution in [2.24, 2.45) is 0 Å². The van der Waals surface area contributed by atoms with E-state index in [1.165, 1.54) is 0 Å². The molecule has 0 bridgehead atoms. The summed E-state index contributed by atoms with van der Waals surface area (Å²) in [5, 5.41) is 14.8. The van der Waals surface area contributed by atoms with Crippen molar-refractivity contribution in [2.45, 2.75) is 44.4 Å². The summed E-state index contributed by atoms with van der Waals surface area (Å²) in [7, 11) is 0. The summed E-state index contributed by atoms with van der Waals surface area (Å²) >= 11 is 7.72. The molecule has 2 aromatic heterocycles. The topological polar surface area (TPSA) is 93.3 Å². The summed E-state index contributed by atoms with van der Waals surface area (Å²) in [6, 6.07) is 7.66. The largest absolute Gasteiger partial charge is 0.489 e. The van der Waals surface area contributed by atoms with Gasteiger partial charge in [0, 0.05) is 11.8 Å². The van der Waals surface area contributed by atoms with Crippen LogP contribution in [-0.4, -0.2) is 27.2 Å². The number of nitrogens with zero attached hydrogens (tertiary/aromatic N) is 2. The van der Waals surface area contributed by atoms with E-state index in [-0.39, 0.29) is 12.1 Å². The van der Waals surface area contributed by atoms with E-state index >= 15 is 0 Å². The van der Waals surface area contributed by atoms with Crippen LogP contribution in [0.3, 0.4) is 0 Å². The molecule has 2 heterocycles. The molecule has 1 aliphatic rings. The highest BCUT2D eigenvalue weighted by Crippen LogP contribution is 2.32. The van der Waals surface area contributed by atoms with Crippen LogP contribution in [0.1, 0.15) is 31.2 Å². The van der Waals surface area contributed by atoms with Crippen molar-refractivity contribution in [3.63, 3.8) is 0 Å². The summed E-state index contributed by atoms with van der Waals surface area (Å²) in [5.74, 6) is 1.04. The van der Waals surface area contributed by atoms with Crippen molar-refractivity contribution in [3.05, 3.63) is 41.0 Å². The second kappa shape index (κ2) is 7.88. The van der Waals surface area contributed by atoms with E-state index in [1.54, 1.807) is 23.6 Å². The number of benzene rings is 1. The van der Waals surface area contributed by atoms with Crippen molar-refractivity contribution in [1.82, 2.24) is 9.97 Å². The number of pyridine rings is 1. The molecule has 142 valence electrons. The summed E-state index contributed by atoms with van der Waals surface area (Å²) < 4.78 is 6.89. The summed E-state index contributed by atoms with van der Waals surface area (Å²) in [5.41, 5.74) is 7.43. The third kappa shape index (κ3) is 4.10. The Balaban J connectivity index is 1.46. The lowest BCUT2D eigenvalue weighted by atomic mass is 9.93. The average molecular weight is 405 g/mol.